The molecular weight excluding hydrogens is 332 g/mol. The maximum atomic E-state index is 10.7. The molecule has 80 valence electrons. The molecule has 0 amide bonds. The van der Waals surface area contributed by atoms with E-state index in [1.807, 2.05) is 0 Å². The van der Waals surface area contributed by atoms with E-state index in [2.05, 4.69) is 31.9 Å². The largest absolute Gasteiger partial charge is 0.480 e. The van der Waals surface area contributed by atoms with Gasteiger partial charge < -0.3 is 9.84 Å². The maximum absolute atomic E-state index is 10.7. The third-order valence-electron chi connectivity index (χ3n) is 1.50. The molecule has 0 spiro atoms. The van der Waals surface area contributed by atoms with Crippen LogP contribution < -0.4 is 4.74 Å². The Balaban J connectivity index is 3.04. The number of aliphatic carboxylic acids is 1. The van der Waals surface area contributed by atoms with Gasteiger partial charge >= 0.3 is 5.97 Å². The van der Waals surface area contributed by atoms with Crippen LogP contribution in [0.3, 0.4) is 0 Å². The summed E-state index contributed by atoms with van der Waals surface area (Å²) in [7, 11) is 0. The molecule has 4 nitrogen and oxygen atoms in total. The van der Waals surface area contributed by atoms with E-state index in [-0.39, 0.29) is 11.3 Å². The quantitative estimate of drug-likeness (QED) is 0.857. The Hall–Kier alpha value is -0.880. The van der Waals surface area contributed by atoms with Gasteiger partial charge in [0.15, 0.2) is 12.9 Å². The van der Waals surface area contributed by atoms with Crippen molar-refractivity contribution in [2.24, 2.45) is 0 Å². The van der Waals surface area contributed by atoms with Crippen molar-refractivity contribution < 1.29 is 19.4 Å². The number of carboxylic acids is 1. The Kier molecular flexibility index (Phi) is 4.28. The van der Waals surface area contributed by atoms with Crippen LogP contribution in [0.15, 0.2) is 21.1 Å². The van der Waals surface area contributed by atoms with Crippen LogP contribution in [0.2, 0.25) is 0 Å². The van der Waals surface area contributed by atoms with Crippen molar-refractivity contribution in [2.45, 2.75) is 0 Å². The average Bonchev–Trinajstić information content (AvgIpc) is 2.14. The predicted molar refractivity (Wildman–Crippen MR) is 60.4 cm³/mol. The zero-order chi connectivity index (χ0) is 11.4. The van der Waals surface area contributed by atoms with Gasteiger partial charge in [-0.3, -0.25) is 4.79 Å². The molecule has 0 bridgehead atoms. The highest BCUT2D eigenvalue weighted by atomic mass is 79.9. The summed E-state index contributed by atoms with van der Waals surface area (Å²) < 4.78 is 6.21. The Labute approximate surface area is 102 Å². The standard InChI is InChI=1S/C9H6Br2O4/c10-6-1-5(3-12)9(7(11)2-6)15-4-8(13)14/h1-3H,4H2,(H,13,14). The molecule has 0 fully saturated rings. The second-order valence-corrected chi connectivity index (χ2v) is 4.38. The summed E-state index contributed by atoms with van der Waals surface area (Å²) in [5, 5.41) is 8.45. The smallest absolute Gasteiger partial charge is 0.341 e. The molecule has 1 aromatic rings. The number of carboxylic acid groups (broad SMARTS) is 1. The second-order valence-electron chi connectivity index (χ2n) is 2.61. The minimum absolute atomic E-state index is 0.232. The first-order valence-corrected chi connectivity index (χ1v) is 5.42. The summed E-state index contributed by atoms with van der Waals surface area (Å²) in [6.07, 6.45) is 0.604. The molecule has 1 N–H and O–H groups in total. The van der Waals surface area contributed by atoms with E-state index < -0.39 is 12.6 Å². The molecule has 0 aromatic heterocycles. The van der Waals surface area contributed by atoms with Gasteiger partial charge in [-0.05, 0) is 28.1 Å². The third-order valence-corrected chi connectivity index (χ3v) is 2.55. The fourth-order valence-corrected chi connectivity index (χ4v) is 2.33. The molecule has 0 heterocycles. The first-order valence-electron chi connectivity index (χ1n) is 3.83. The predicted octanol–water partition coefficient (Wildman–Crippen LogP) is 2.49. The summed E-state index contributed by atoms with van der Waals surface area (Å²) >= 11 is 6.39. The molecule has 0 radical (unpaired) electrons. The zero-order valence-electron chi connectivity index (χ0n) is 7.37. The van der Waals surface area contributed by atoms with E-state index >= 15 is 0 Å². The van der Waals surface area contributed by atoms with Gasteiger partial charge in [0.05, 0.1) is 10.0 Å². The van der Waals surface area contributed by atoms with Crippen molar-refractivity contribution in [2.75, 3.05) is 6.61 Å². The lowest BCUT2D eigenvalue weighted by Crippen LogP contribution is -2.10. The van der Waals surface area contributed by atoms with Crippen LogP contribution in [0, 0.1) is 0 Å². The highest BCUT2D eigenvalue weighted by Crippen LogP contribution is 2.31. The number of hydrogen-bond acceptors (Lipinski definition) is 3. The average molecular weight is 338 g/mol. The third kappa shape index (κ3) is 3.32. The van der Waals surface area contributed by atoms with Gasteiger partial charge in [-0.1, -0.05) is 15.9 Å². The maximum Gasteiger partial charge on any atom is 0.341 e. The number of aldehydes is 1. The Bertz CT molecular complexity index is 403. The van der Waals surface area contributed by atoms with E-state index in [0.717, 1.165) is 0 Å². The summed E-state index contributed by atoms with van der Waals surface area (Å²) in [5.74, 6) is -0.864. The topological polar surface area (TPSA) is 63.6 Å². The number of carbonyl (C=O) groups is 2. The van der Waals surface area contributed by atoms with Gasteiger partial charge in [-0.25, -0.2) is 4.79 Å². The monoisotopic (exact) mass is 336 g/mol. The van der Waals surface area contributed by atoms with Crippen molar-refractivity contribution in [1.29, 1.82) is 0 Å². The zero-order valence-corrected chi connectivity index (χ0v) is 10.5. The fourth-order valence-electron chi connectivity index (χ4n) is 0.954. The molecule has 1 rings (SSSR count). The number of ether oxygens (including phenoxy) is 1. The van der Waals surface area contributed by atoms with Gasteiger partial charge in [-0.2, -0.15) is 0 Å². The van der Waals surface area contributed by atoms with Gasteiger partial charge in [0, 0.05) is 4.47 Å². The van der Waals surface area contributed by atoms with Gasteiger partial charge in [0.2, 0.25) is 0 Å². The number of benzene rings is 1. The first-order chi connectivity index (χ1) is 7.04. The molecular formula is C9H6Br2O4. The Morgan fingerprint density at radius 3 is 2.67 bits per heavy atom. The first kappa shape index (κ1) is 12.2. The van der Waals surface area contributed by atoms with Crippen LogP contribution in [0.1, 0.15) is 10.4 Å². The minimum Gasteiger partial charge on any atom is -0.480 e. The van der Waals surface area contributed by atoms with Crippen LogP contribution >= 0.6 is 31.9 Å². The number of carbonyl (C=O) groups excluding carboxylic acids is 1. The minimum atomic E-state index is -1.10. The molecule has 0 aliphatic rings. The van der Waals surface area contributed by atoms with Crippen molar-refractivity contribution in [3.8, 4) is 5.75 Å². The van der Waals surface area contributed by atoms with Crippen molar-refractivity contribution in [1.82, 2.24) is 0 Å². The van der Waals surface area contributed by atoms with Crippen LogP contribution in [-0.2, 0) is 4.79 Å². The second kappa shape index (κ2) is 5.27. The molecule has 0 unspecified atom stereocenters. The van der Waals surface area contributed by atoms with Crippen LogP contribution in [0.4, 0.5) is 0 Å². The number of rotatable bonds is 4. The molecule has 0 aliphatic carbocycles. The van der Waals surface area contributed by atoms with Gasteiger partial charge in [0.1, 0.15) is 5.75 Å². The lowest BCUT2D eigenvalue weighted by Gasteiger charge is -2.08. The number of hydrogen-bond donors (Lipinski definition) is 1. The summed E-state index contributed by atoms with van der Waals surface area (Å²) in [6.45, 7) is -0.485. The lowest BCUT2D eigenvalue weighted by molar-refractivity contribution is -0.139. The molecule has 0 atom stereocenters. The molecule has 1 aromatic carbocycles. The van der Waals surface area contributed by atoms with Crippen LogP contribution in [0.25, 0.3) is 0 Å². The summed E-state index contributed by atoms with van der Waals surface area (Å²) in [4.78, 5) is 21.0. The van der Waals surface area contributed by atoms with Crippen LogP contribution in [-0.4, -0.2) is 24.0 Å². The lowest BCUT2D eigenvalue weighted by atomic mass is 10.2. The van der Waals surface area contributed by atoms with Gasteiger partial charge in [-0.15, -0.1) is 0 Å². The molecule has 0 saturated carbocycles. The molecule has 0 saturated heterocycles. The normalized spacial score (nSPS) is 9.73. The van der Waals surface area contributed by atoms with E-state index in [1.165, 1.54) is 0 Å². The van der Waals surface area contributed by atoms with Crippen molar-refractivity contribution >= 4 is 44.1 Å². The van der Waals surface area contributed by atoms with E-state index in [0.29, 0.717) is 15.2 Å². The summed E-state index contributed by atoms with van der Waals surface area (Å²) in [5.41, 5.74) is 0.289. The fraction of sp³-hybridized carbons (Fsp3) is 0.111. The Morgan fingerprint density at radius 2 is 2.13 bits per heavy atom. The van der Waals surface area contributed by atoms with Crippen molar-refractivity contribution in [3.05, 3.63) is 26.6 Å². The Morgan fingerprint density at radius 1 is 1.47 bits per heavy atom. The summed E-state index contributed by atoms with van der Waals surface area (Å²) in [6, 6.07) is 3.22. The molecule has 15 heavy (non-hydrogen) atoms. The molecule has 0 aliphatic heterocycles. The van der Waals surface area contributed by atoms with Gasteiger partial charge in [0.25, 0.3) is 0 Å². The van der Waals surface area contributed by atoms with Crippen LogP contribution in [0.5, 0.6) is 5.75 Å². The molecule has 6 heteroatoms. The highest BCUT2D eigenvalue weighted by molar-refractivity contribution is 9.11. The number of halogens is 2. The SMILES string of the molecule is O=Cc1cc(Br)cc(Br)c1OCC(=O)O. The van der Waals surface area contributed by atoms with E-state index in [9.17, 15) is 9.59 Å². The van der Waals surface area contributed by atoms with Crippen molar-refractivity contribution in [3.63, 3.8) is 0 Å². The van der Waals surface area contributed by atoms with E-state index in [1.54, 1.807) is 12.1 Å². The van der Waals surface area contributed by atoms with E-state index in [4.69, 9.17) is 9.84 Å². The highest BCUT2D eigenvalue weighted by Gasteiger charge is 2.11.